The first kappa shape index (κ1) is 16.4. The summed E-state index contributed by atoms with van der Waals surface area (Å²) in [5.41, 5.74) is 0.832. The molecular weight excluding hydrogens is 322 g/mol. The van der Waals surface area contributed by atoms with Crippen LogP contribution in [0.3, 0.4) is 0 Å². The molecule has 2 N–H and O–H groups in total. The molecule has 8 nitrogen and oxygen atoms in total. The zero-order chi connectivity index (χ0) is 17.6. The van der Waals surface area contributed by atoms with E-state index in [0.29, 0.717) is 5.82 Å². The van der Waals surface area contributed by atoms with Gasteiger partial charge < -0.3 is 15.1 Å². The quantitative estimate of drug-likeness (QED) is 0.705. The molecule has 1 atom stereocenters. The fourth-order valence-electron chi connectivity index (χ4n) is 2.26. The lowest BCUT2D eigenvalue weighted by Gasteiger charge is -2.14. The summed E-state index contributed by atoms with van der Waals surface area (Å²) in [6.07, 6.45) is 8.15. The average molecular weight is 339 g/mol. The highest BCUT2D eigenvalue weighted by Crippen LogP contribution is 2.10. The Morgan fingerprint density at radius 2 is 2.16 bits per heavy atom. The van der Waals surface area contributed by atoms with Crippen LogP contribution < -0.4 is 10.6 Å². The van der Waals surface area contributed by atoms with Crippen LogP contribution in [0, 0.1) is 0 Å². The third-order valence-electron chi connectivity index (χ3n) is 3.56. The fraction of sp³-hybridized carbons (Fsp3) is 0.176. The molecule has 3 heterocycles. The zero-order valence-electron chi connectivity index (χ0n) is 13.5. The molecule has 3 aromatic heterocycles. The Morgan fingerprint density at radius 3 is 2.88 bits per heavy atom. The zero-order valence-corrected chi connectivity index (χ0v) is 13.5. The maximum absolute atomic E-state index is 12.2. The third kappa shape index (κ3) is 3.92. The van der Waals surface area contributed by atoms with E-state index in [1.54, 1.807) is 48.5 Å². The van der Waals surface area contributed by atoms with Crippen LogP contribution in [0.2, 0.25) is 0 Å². The fourth-order valence-corrected chi connectivity index (χ4v) is 2.26. The molecule has 0 bridgehead atoms. The van der Waals surface area contributed by atoms with Gasteiger partial charge in [-0.1, -0.05) is 6.07 Å². The van der Waals surface area contributed by atoms with E-state index in [9.17, 15) is 9.59 Å². The summed E-state index contributed by atoms with van der Waals surface area (Å²) < 4.78 is 6.77. The lowest BCUT2D eigenvalue weighted by atomic mass is 10.2. The van der Waals surface area contributed by atoms with Gasteiger partial charge in [0.15, 0.2) is 5.76 Å². The molecule has 0 spiro atoms. The van der Waals surface area contributed by atoms with Gasteiger partial charge in [-0.15, -0.1) is 0 Å². The Morgan fingerprint density at radius 1 is 1.28 bits per heavy atom. The maximum atomic E-state index is 12.2. The SMILES string of the molecule is CC(NC(=O)c1ccco1)C(=O)NCc1cccnc1-n1ccnc1. The Labute approximate surface area is 143 Å². The number of hydrogen-bond donors (Lipinski definition) is 2. The van der Waals surface area contributed by atoms with E-state index in [4.69, 9.17) is 4.42 Å². The van der Waals surface area contributed by atoms with Crippen molar-refractivity contribution < 1.29 is 14.0 Å². The predicted molar refractivity (Wildman–Crippen MR) is 88.8 cm³/mol. The first-order chi connectivity index (χ1) is 12.1. The minimum absolute atomic E-state index is 0.161. The standard InChI is InChI=1S/C17H17N5O3/c1-12(21-17(24)14-5-3-9-25-14)16(23)20-10-13-4-2-6-19-15(13)22-8-7-18-11-22/h2-9,11-12H,10H2,1H3,(H,20,23)(H,21,24). The normalized spacial score (nSPS) is 11.7. The summed E-state index contributed by atoms with van der Waals surface area (Å²) in [4.78, 5) is 32.4. The van der Waals surface area contributed by atoms with Crippen molar-refractivity contribution in [3.05, 3.63) is 66.8 Å². The van der Waals surface area contributed by atoms with Crippen molar-refractivity contribution in [3.63, 3.8) is 0 Å². The molecule has 3 aromatic rings. The van der Waals surface area contributed by atoms with Gasteiger partial charge in [-0.2, -0.15) is 0 Å². The summed E-state index contributed by atoms with van der Waals surface area (Å²) in [5, 5.41) is 5.38. The smallest absolute Gasteiger partial charge is 0.287 e. The molecule has 3 rings (SSSR count). The molecule has 0 saturated carbocycles. The molecule has 0 radical (unpaired) electrons. The third-order valence-corrected chi connectivity index (χ3v) is 3.56. The van der Waals surface area contributed by atoms with E-state index in [1.165, 1.54) is 12.3 Å². The Hall–Kier alpha value is -3.42. The Bertz CT molecular complexity index is 843. The summed E-state index contributed by atoms with van der Waals surface area (Å²) in [6.45, 7) is 1.89. The summed E-state index contributed by atoms with van der Waals surface area (Å²) in [6, 6.07) is 6.11. The Kier molecular flexibility index (Phi) is 4.89. The lowest BCUT2D eigenvalue weighted by Crippen LogP contribution is -2.44. The van der Waals surface area contributed by atoms with E-state index in [2.05, 4.69) is 20.6 Å². The van der Waals surface area contributed by atoms with Crippen LogP contribution in [0.4, 0.5) is 0 Å². The van der Waals surface area contributed by atoms with Crippen LogP contribution in [0.5, 0.6) is 0 Å². The molecule has 0 aliphatic rings. The molecule has 25 heavy (non-hydrogen) atoms. The summed E-state index contributed by atoms with van der Waals surface area (Å²) in [5.74, 6) is 0.107. The molecule has 0 aliphatic carbocycles. The monoisotopic (exact) mass is 339 g/mol. The second-order valence-electron chi connectivity index (χ2n) is 5.35. The predicted octanol–water partition coefficient (Wildman–Crippen LogP) is 1.29. The summed E-state index contributed by atoms with van der Waals surface area (Å²) >= 11 is 0. The number of carbonyl (C=O) groups excluding carboxylic acids is 2. The second-order valence-corrected chi connectivity index (χ2v) is 5.35. The van der Waals surface area contributed by atoms with Gasteiger partial charge in [-0.3, -0.25) is 14.2 Å². The van der Waals surface area contributed by atoms with Gasteiger partial charge in [-0.25, -0.2) is 9.97 Å². The topological polar surface area (TPSA) is 102 Å². The van der Waals surface area contributed by atoms with E-state index in [-0.39, 0.29) is 18.2 Å². The highest BCUT2D eigenvalue weighted by atomic mass is 16.3. The van der Waals surface area contributed by atoms with E-state index in [0.717, 1.165) is 5.56 Å². The molecular formula is C17H17N5O3. The highest BCUT2D eigenvalue weighted by molar-refractivity contribution is 5.95. The number of furan rings is 1. The molecule has 1 unspecified atom stereocenters. The number of imidazole rings is 1. The van der Waals surface area contributed by atoms with Crippen molar-refractivity contribution >= 4 is 11.8 Å². The first-order valence-corrected chi connectivity index (χ1v) is 7.69. The van der Waals surface area contributed by atoms with Crippen molar-refractivity contribution in [2.45, 2.75) is 19.5 Å². The van der Waals surface area contributed by atoms with Gasteiger partial charge in [-0.05, 0) is 25.1 Å². The number of amides is 2. The molecule has 0 aliphatic heterocycles. The van der Waals surface area contributed by atoms with Gasteiger partial charge in [0.05, 0.1) is 6.26 Å². The van der Waals surface area contributed by atoms with Crippen LogP contribution in [-0.2, 0) is 11.3 Å². The Balaban J connectivity index is 1.60. The number of nitrogens with one attached hydrogen (secondary N) is 2. The number of hydrogen-bond acceptors (Lipinski definition) is 5. The van der Waals surface area contributed by atoms with Crippen molar-refractivity contribution in [2.24, 2.45) is 0 Å². The van der Waals surface area contributed by atoms with Gasteiger partial charge >= 0.3 is 0 Å². The first-order valence-electron chi connectivity index (χ1n) is 7.69. The van der Waals surface area contributed by atoms with Crippen LogP contribution in [0.25, 0.3) is 5.82 Å². The van der Waals surface area contributed by atoms with E-state index < -0.39 is 11.9 Å². The average Bonchev–Trinajstić information content (AvgIpc) is 3.33. The number of rotatable bonds is 6. The molecule has 0 aromatic carbocycles. The van der Waals surface area contributed by atoms with Gasteiger partial charge in [0.25, 0.3) is 5.91 Å². The van der Waals surface area contributed by atoms with Crippen LogP contribution in [0.15, 0.2) is 59.9 Å². The van der Waals surface area contributed by atoms with Crippen molar-refractivity contribution in [2.75, 3.05) is 0 Å². The van der Waals surface area contributed by atoms with Crippen molar-refractivity contribution in [1.29, 1.82) is 0 Å². The second kappa shape index (κ2) is 7.43. The minimum Gasteiger partial charge on any atom is -0.459 e. The molecule has 0 saturated heterocycles. The van der Waals surface area contributed by atoms with Crippen molar-refractivity contribution in [1.82, 2.24) is 25.2 Å². The highest BCUT2D eigenvalue weighted by Gasteiger charge is 2.18. The molecule has 8 heteroatoms. The maximum Gasteiger partial charge on any atom is 0.287 e. The van der Waals surface area contributed by atoms with E-state index in [1.807, 2.05) is 6.07 Å². The number of pyridine rings is 1. The van der Waals surface area contributed by atoms with Gasteiger partial charge in [0.1, 0.15) is 18.2 Å². The molecule has 0 fully saturated rings. The largest absolute Gasteiger partial charge is 0.459 e. The molecule has 128 valence electrons. The van der Waals surface area contributed by atoms with Crippen LogP contribution >= 0.6 is 0 Å². The van der Waals surface area contributed by atoms with Crippen LogP contribution in [-0.4, -0.2) is 32.4 Å². The number of carbonyl (C=O) groups is 2. The molecule has 2 amide bonds. The lowest BCUT2D eigenvalue weighted by molar-refractivity contribution is -0.122. The minimum atomic E-state index is -0.703. The van der Waals surface area contributed by atoms with Crippen LogP contribution in [0.1, 0.15) is 23.0 Å². The van der Waals surface area contributed by atoms with Gasteiger partial charge in [0, 0.05) is 30.7 Å². The summed E-state index contributed by atoms with van der Waals surface area (Å²) in [7, 11) is 0. The van der Waals surface area contributed by atoms with E-state index >= 15 is 0 Å². The number of aromatic nitrogens is 3. The van der Waals surface area contributed by atoms with Crippen molar-refractivity contribution in [3.8, 4) is 5.82 Å². The van der Waals surface area contributed by atoms with Gasteiger partial charge in [0.2, 0.25) is 5.91 Å². The number of nitrogens with zero attached hydrogens (tertiary/aromatic N) is 3.